The first-order chi connectivity index (χ1) is 4.98. The van der Waals surface area contributed by atoms with Crippen molar-refractivity contribution in [3.63, 3.8) is 0 Å². The maximum Gasteiger partial charge on any atom is 0.0675 e. The molecule has 0 unspecified atom stereocenters. The molecule has 0 aromatic rings. The van der Waals surface area contributed by atoms with Gasteiger partial charge in [-0.3, -0.25) is 0 Å². The van der Waals surface area contributed by atoms with Crippen LogP contribution in [0.3, 0.4) is 0 Å². The van der Waals surface area contributed by atoms with E-state index < -0.39 is 5.60 Å². The first-order valence-corrected chi connectivity index (χ1v) is 3.94. The summed E-state index contributed by atoms with van der Waals surface area (Å²) in [6, 6.07) is 0. The number of allylic oxidation sites excluding steroid dienone is 1. The van der Waals surface area contributed by atoms with Crippen molar-refractivity contribution in [2.45, 2.75) is 39.2 Å². The van der Waals surface area contributed by atoms with Crippen molar-refractivity contribution in [3.05, 3.63) is 11.6 Å². The zero-order valence-corrected chi connectivity index (χ0v) is 7.59. The van der Waals surface area contributed by atoms with E-state index in [-0.39, 0.29) is 6.61 Å². The molecule has 0 fully saturated rings. The highest BCUT2D eigenvalue weighted by atomic mass is 16.3. The van der Waals surface area contributed by atoms with Crippen LogP contribution < -0.4 is 0 Å². The van der Waals surface area contributed by atoms with Crippen LogP contribution in [0.4, 0.5) is 0 Å². The highest BCUT2D eigenvalue weighted by Gasteiger charge is 2.16. The Morgan fingerprint density at radius 1 is 1.45 bits per heavy atom. The Morgan fingerprint density at radius 3 is 2.36 bits per heavy atom. The molecule has 11 heavy (non-hydrogen) atoms. The largest absolute Gasteiger partial charge is 0.396 e. The predicted molar refractivity (Wildman–Crippen MR) is 46.4 cm³/mol. The Kier molecular flexibility index (Phi) is 4.38. The summed E-state index contributed by atoms with van der Waals surface area (Å²) in [6.07, 6.45) is 3.04. The van der Waals surface area contributed by atoms with Crippen LogP contribution in [-0.4, -0.2) is 22.4 Å². The van der Waals surface area contributed by atoms with Crippen molar-refractivity contribution < 1.29 is 10.2 Å². The topological polar surface area (TPSA) is 40.5 Å². The van der Waals surface area contributed by atoms with Gasteiger partial charge in [0.25, 0.3) is 0 Å². The Labute approximate surface area is 68.6 Å². The first kappa shape index (κ1) is 10.7. The molecule has 0 aliphatic heterocycles. The summed E-state index contributed by atoms with van der Waals surface area (Å²) in [7, 11) is 0. The van der Waals surface area contributed by atoms with Crippen molar-refractivity contribution in [2.75, 3.05) is 6.61 Å². The molecule has 0 heterocycles. The van der Waals surface area contributed by atoms with Gasteiger partial charge in [-0.15, -0.1) is 0 Å². The normalized spacial score (nSPS) is 15.7. The molecule has 2 nitrogen and oxygen atoms in total. The molecule has 0 aromatic carbocycles. The summed E-state index contributed by atoms with van der Waals surface area (Å²) in [5.74, 6) is 0. The second-order valence-corrected chi connectivity index (χ2v) is 3.46. The van der Waals surface area contributed by atoms with Gasteiger partial charge in [0.1, 0.15) is 0 Å². The van der Waals surface area contributed by atoms with Gasteiger partial charge in [0.05, 0.1) is 5.60 Å². The van der Waals surface area contributed by atoms with Crippen LogP contribution in [0, 0.1) is 0 Å². The molecule has 2 N–H and O–H groups in total. The van der Waals surface area contributed by atoms with E-state index >= 15 is 0 Å². The van der Waals surface area contributed by atoms with Gasteiger partial charge >= 0.3 is 0 Å². The lowest BCUT2D eigenvalue weighted by Gasteiger charge is -2.20. The number of hydrogen-bond donors (Lipinski definition) is 2. The van der Waals surface area contributed by atoms with Crippen molar-refractivity contribution in [2.24, 2.45) is 0 Å². The molecule has 0 aliphatic rings. The lowest BCUT2D eigenvalue weighted by atomic mass is 9.97. The first-order valence-electron chi connectivity index (χ1n) is 3.94. The minimum atomic E-state index is -0.744. The number of aliphatic hydroxyl groups excluding tert-OH is 1. The van der Waals surface area contributed by atoms with E-state index in [2.05, 4.69) is 0 Å². The lowest BCUT2D eigenvalue weighted by molar-refractivity contribution is 0.0361. The quantitative estimate of drug-likeness (QED) is 0.608. The van der Waals surface area contributed by atoms with Gasteiger partial charge in [0.15, 0.2) is 0 Å². The molecule has 0 bridgehead atoms. The summed E-state index contributed by atoms with van der Waals surface area (Å²) in [5, 5.41) is 18.1. The highest BCUT2D eigenvalue weighted by molar-refractivity contribution is 4.96. The average molecular weight is 158 g/mol. The molecule has 0 radical (unpaired) electrons. The zero-order chi connectivity index (χ0) is 8.91. The van der Waals surface area contributed by atoms with Crippen LogP contribution >= 0.6 is 0 Å². The number of rotatable bonds is 4. The third kappa shape index (κ3) is 6.07. The molecule has 0 amide bonds. The minimum Gasteiger partial charge on any atom is -0.396 e. The Hall–Kier alpha value is -0.340. The molecule has 0 aliphatic carbocycles. The Morgan fingerprint density at radius 2 is 2.00 bits per heavy atom. The third-order valence-electron chi connectivity index (χ3n) is 1.60. The van der Waals surface area contributed by atoms with Crippen LogP contribution in [0.1, 0.15) is 33.6 Å². The van der Waals surface area contributed by atoms with E-state index in [4.69, 9.17) is 5.11 Å². The van der Waals surface area contributed by atoms with Crippen LogP contribution in [0.2, 0.25) is 0 Å². The van der Waals surface area contributed by atoms with Gasteiger partial charge in [0.2, 0.25) is 0 Å². The van der Waals surface area contributed by atoms with Gasteiger partial charge in [0, 0.05) is 6.61 Å². The smallest absolute Gasteiger partial charge is 0.0675 e. The minimum absolute atomic E-state index is 0.0452. The van der Waals surface area contributed by atoms with Crippen LogP contribution in [-0.2, 0) is 0 Å². The van der Waals surface area contributed by atoms with Gasteiger partial charge in [-0.2, -0.15) is 0 Å². The molecule has 0 saturated carbocycles. The summed E-state index contributed by atoms with van der Waals surface area (Å²) in [4.78, 5) is 0. The van der Waals surface area contributed by atoms with Gasteiger partial charge in [-0.1, -0.05) is 11.6 Å². The monoisotopic (exact) mass is 158 g/mol. The van der Waals surface area contributed by atoms with Gasteiger partial charge in [-0.05, 0) is 33.6 Å². The molecule has 1 atom stereocenters. The van der Waals surface area contributed by atoms with E-state index in [0.717, 1.165) is 0 Å². The zero-order valence-electron chi connectivity index (χ0n) is 7.59. The van der Waals surface area contributed by atoms with Gasteiger partial charge in [-0.25, -0.2) is 0 Å². The molecule has 0 rings (SSSR count). The Balaban J connectivity index is 3.81. The molecule has 0 saturated heterocycles. The third-order valence-corrected chi connectivity index (χ3v) is 1.60. The standard InChI is InChI=1S/C9H18O2/c1-8(2)4-5-9(3,11)6-7-10/h4,10-11H,5-7H2,1-3H3/t9-/m0/s1. The van der Waals surface area contributed by atoms with E-state index in [0.29, 0.717) is 12.8 Å². The average Bonchev–Trinajstić information content (AvgIpc) is 1.84. The highest BCUT2D eigenvalue weighted by Crippen LogP contribution is 2.15. The molecular formula is C9H18O2. The van der Waals surface area contributed by atoms with E-state index in [1.165, 1.54) is 5.57 Å². The second-order valence-electron chi connectivity index (χ2n) is 3.46. The molecule has 0 spiro atoms. The maximum atomic E-state index is 9.56. The van der Waals surface area contributed by atoms with Crippen molar-refractivity contribution in [1.29, 1.82) is 0 Å². The summed E-state index contributed by atoms with van der Waals surface area (Å²) >= 11 is 0. The second kappa shape index (κ2) is 4.52. The van der Waals surface area contributed by atoms with E-state index in [1.807, 2.05) is 19.9 Å². The Bertz CT molecular complexity index is 132. The summed E-state index contributed by atoms with van der Waals surface area (Å²) in [5.41, 5.74) is 0.453. The van der Waals surface area contributed by atoms with Crippen LogP contribution in [0.15, 0.2) is 11.6 Å². The van der Waals surface area contributed by atoms with Gasteiger partial charge < -0.3 is 10.2 Å². The van der Waals surface area contributed by atoms with Crippen molar-refractivity contribution in [3.8, 4) is 0 Å². The molecular weight excluding hydrogens is 140 g/mol. The summed E-state index contributed by atoms with van der Waals surface area (Å²) in [6.45, 7) is 5.77. The molecule has 0 aromatic heterocycles. The lowest BCUT2D eigenvalue weighted by Crippen LogP contribution is -2.24. The van der Waals surface area contributed by atoms with Crippen LogP contribution in [0.5, 0.6) is 0 Å². The predicted octanol–water partition coefficient (Wildman–Crippen LogP) is 1.48. The SMILES string of the molecule is CC(C)=CC[C@](C)(O)CCO. The van der Waals surface area contributed by atoms with E-state index in [9.17, 15) is 5.11 Å². The van der Waals surface area contributed by atoms with E-state index in [1.54, 1.807) is 6.92 Å². The van der Waals surface area contributed by atoms with Crippen molar-refractivity contribution in [1.82, 2.24) is 0 Å². The molecule has 66 valence electrons. The number of aliphatic hydroxyl groups is 2. The van der Waals surface area contributed by atoms with Crippen molar-refractivity contribution >= 4 is 0 Å². The number of hydrogen-bond acceptors (Lipinski definition) is 2. The fourth-order valence-electron chi connectivity index (χ4n) is 0.767. The molecule has 2 heteroatoms. The fraction of sp³-hybridized carbons (Fsp3) is 0.778. The van der Waals surface area contributed by atoms with Crippen LogP contribution in [0.25, 0.3) is 0 Å². The maximum absolute atomic E-state index is 9.56. The summed E-state index contributed by atoms with van der Waals surface area (Å²) < 4.78 is 0. The fourth-order valence-corrected chi connectivity index (χ4v) is 0.767.